The highest BCUT2D eigenvalue weighted by atomic mass is 15.4. The molecule has 0 aliphatic heterocycles. The second-order valence-electron chi connectivity index (χ2n) is 3.98. The maximum atomic E-state index is 5.57. The van der Waals surface area contributed by atoms with E-state index in [0.717, 1.165) is 38.3 Å². The minimum Gasteiger partial charge on any atom is -0.330 e. The first-order chi connectivity index (χ1) is 6.85. The Morgan fingerprint density at radius 3 is 3.14 bits per heavy atom. The average molecular weight is 194 g/mol. The van der Waals surface area contributed by atoms with Crippen molar-refractivity contribution in [3.63, 3.8) is 0 Å². The summed E-state index contributed by atoms with van der Waals surface area (Å²) >= 11 is 0. The molecule has 2 rings (SSSR count). The molecule has 0 bridgehead atoms. The van der Waals surface area contributed by atoms with E-state index in [9.17, 15) is 0 Å². The normalized spacial score (nSPS) is 20.9. The Balaban J connectivity index is 2.12. The molecule has 78 valence electrons. The summed E-state index contributed by atoms with van der Waals surface area (Å²) in [6.45, 7) is 3.84. The van der Waals surface area contributed by atoms with Crippen LogP contribution in [0.3, 0.4) is 0 Å². The Morgan fingerprint density at radius 2 is 2.43 bits per heavy atom. The van der Waals surface area contributed by atoms with Gasteiger partial charge in [-0.1, -0.05) is 5.21 Å². The Kier molecular flexibility index (Phi) is 2.82. The number of nitrogens with zero attached hydrogens (tertiary/aromatic N) is 3. The molecule has 4 heteroatoms. The van der Waals surface area contributed by atoms with E-state index in [0.29, 0.717) is 0 Å². The number of aromatic nitrogens is 3. The molecule has 1 aliphatic rings. The van der Waals surface area contributed by atoms with Crippen molar-refractivity contribution < 1.29 is 0 Å². The van der Waals surface area contributed by atoms with Gasteiger partial charge in [0, 0.05) is 6.54 Å². The van der Waals surface area contributed by atoms with Crippen LogP contribution in [0.2, 0.25) is 0 Å². The van der Waals surface area contributed by atoms with Crippen LogP contribution in [0.25, 0.3) is 0 Å². The molecule has 0 saturated heterocycles. The summed E-state index contributed by atoms with van der Waals surface area (Å²) in [6.07, 6.45) is 4.57. The van der Waals surface area contributed by atoms with Gasteiger partial charge in [0.1, 0.15) is 0 Å². The summed E-state index contributed by atoms with van der Waals surface area (Å²) in [5.41, 5.74) is 8.12. The van der Waals surface area contributed by atoms with E-state index < -0.39 is 0 Å². The van der Waals surface area contributed by atoms with Gasteiger partial charge in [-0.3, -0.25) is 0 Å². The zero-order valence-electron chi connectivity index (χ0n) is 8.74. The van der Waals surface area contributed by atoms with Crippen molar-refractivity contribution in [1.82, 2.24) is 15.0 Å². The summed E-state index contributed by atoms with van der Waals surface area (Å²) in [6, 6.07) is 0. The standard InChI is InChI=1S/C10H18N4/c1-2-14-10-4-3-8(5-6-11)7-9(10)12-13-14/h8H,2-7,11H2,1H3. The monoisotopic (exact) mass is 194 g/mol. The third-order valence-corrected chi connectivity index (χ3v) is 3.06. The summed E-state index contributed by atoms with van der Waals surface area (Å²) in [4.78, 5) is 0. The predicted molar refractivity (Wildman–Crippen MR) is 54.9 cm³/mol. The highest BCUT2D eigenvalue weighted by Gasteiger charge is 2.22. The van der Waals surface area contributed by atoms with Gasteiger partial charge in [0.2, 0.25) is 0 Å². The second kappa shape index (κ2) is 4.09. The fourth-order valence-electron chi connectivity index (χ4n) is 2.25. The molecule has 0 fully saturated rings. The van der Waals surface area contributed by atoms with Crippen LogP contribution < -0.4 is 5.73 Å². The van der Waals surface area contributed by atoms with Gasteiger partial charge >= 0.3 is 0 Å². The fourth-order valence-corrected chi connectivity index (χ4v) is 2.25. The Labute approximate surface area is 84.5 Å². The van der Waals surface area contributed by atoms with Gasteiger partial charge in [-0.05, 0) is 45.1 Å². The molecule has 1 atom stereocenters. The zero-order valence-corrected chi connectivity index (χ0v) is 8.74. The van der Waals surface area contributed by atoms with Gasteiger partial charge in [-0.15, -0.1) is 5.10 Å². The fraction of sp³-hybridized carbons (Fsp3) is 0.800. The topological polar surface area (TPSA) is 56.7 Å². The highest BCUT2D eigenvalue weighted by molar-refractivity contribution is 5.14. The third kappa shape index (κ3) is 1.66. The highest BCUT2D eigenvalue weighted by Crippen LogP contribution is 2.25. The van der Waals surface area contributed by atoms with Crippen molar-refractivity contribution in [2.75, 3.05) is 6.54 Å². The van der Waals surface area contributed by atoms with Crippen molar-refractivity contribution in [1.29, 1.82) is 0 Å². The average Bonchev–Trinajstić information content (AvgIpc) is 2.60. The van der Waals surface area contributed by atoms with Gasteiger partial charge in [-0.2, -0.15) is 0 Å². The first-order valence-electron chi connectivity index (χ1n) is 5.46. The van der Waals surface area contributed by atoms with Crippen LogP contribution in [0.5, 0.6) is 0 Å². The third-order valence-electron chi connectivity index (χ3n) is 3.06. The zero-order chi connectivity index (χ0) is 9.97. The molecule has 4 nitrogen and oxygen atoms in total. The minimum absolute atomic E-state index is 0.731. The van der Waals surface area contributed by atoms with Crippen molar-refractivity contribution >= 4 is 0 Å². The molecule has 1 aromatic rings. The first-order valence-corrected chi connectivity index (χ1v) is 5.46. The molecule has 0 aromatic carbocycles. The van der Waals surface area contributed by atoms with Crippen LogP contribution in [0.15, 0.2) is 0 Å². The quantitative estimate of drug-likeness (QED) is 0.772. The molecule has 1 heterocycles. The van der Waals surface area contributed by atoms with Gasteiger partial charge in [-0.25, -0.2) is 4.68 Å². The molecule has 0 spiro atoms. The predicted octanol–water partition coefficient (Wildman–Crippen LogP) is 0.752. The van der Waals surface area contributed by atoms with E-state index in [2.05, 4.69) is 17.2 Å². The lowest BCUT2D eigenvalue weighted by atomic mass is 9.87. The van der Waals surface area contributed by atoms with Crippen molar-refractivity contribution in [2.45, 2.75) is 39.2 Å². The van der Waals surface area contributed by atoms with Crippen LogP contribution in [0.1, 0.15) is 31.2 Å². The largest absolute Gasteiger partial charge is 0.330 e. The number of aryl methyl sites for hydroxylation is 1. The second-order valence-corrected chi connectivity index (χ2v) is 3.98. The van der Waals surface area contributed by atoms with E-state index in [1.54, 1.807) is 0 Å². The molecular weight excluding hydrogens is 176 g/mol. The van der Waals surface area contributed by atoms with Crippen LogP contribution >= 0.6 is 0 Å². The van der Waals surface area contributed by atoms with E-state index >= 15 is 0 Å². The van der Waals surface area contributed by atoms with Crippen molar-refractivity contribution in [3.05, 3.63) is 11.4 Å². The van der Waals surface area contributed by atoms with Crippen LogP contribution in [-0.4, -0.2) is 21.5 Å². The number of fused-ring (bicyclic) bond motifs is 1. The molecule has 0 radical (unpaired) electrons. The molecular formula is C10H18N4. The lowest BCUT2D eigenvalue weighted by molar-refractivity contribution is 0.419. The maximum Gasteiger partial charge on any atom is 0.0861 e. The first kappa shape index (κ1) is 9.65. The summed E-state index contributed by atoms with van der Waals surface area (Å²) in [5.74, 6) is 0.731. The van der Waals surface area contributed by atoms with Gasteiger partial charge < -0.3 is 5.73 Å². The number of hydrogen-bond donors (Lipinski definition) is 1. The molecule has 1 unspecified atom stereocenters. The van der Waals surface area contributed by atoms with Crippen LogP contribution in [0.4, 0.5) is 0 Å². The molecule has 14 heavy (non-hydrogen) atoms. The van der Waals surface area contributed by atoms with E-state index in [4.69, 9.17) is 5.73 Å². The number of rotatable bonds is 3. The summed E-state index contributed by atoms with van der Waals surface area (Å²) in [5, 5.41) is 8.38. The Bertz CT molecular complexity index is 305. The molecule has 0 saturated carbocycles. The van der Waals surface area contributed by atoms with Crippen molar-refractivity contribution in [2.24, 2.45) is 11.7 Å². The van der Waals surface area contributed by atoms with E-state index in [1.807, 2.05) is 4.68 Å². The molecule has 2 N–H and O–H groups in total. The van der Waals surface area contributed by atoms with E-state index in [1.165, 1.54) is 17.8 Å². The van der Waals surface area contributed by atoms with Gasteiger partial charge in [0.25, 0.3) is 0 Å². The maximum absolute atomic E-state index is 5.57. The van der Waals surface area contributed by atoms with E-state index in [-0.39, 0.29) is 0 Å². The Morgan fingerprint density at radius 1 is 1.57 bits per heavy atom. The van der Waals surface area contributed by atoms with Gasteiger partial charge in [0.15, 0.2) is 0 Å². The smallest absolute Gasteiger partial charge is 0.0861 e. The number of nitrogens with two attached hydrogens (primary N) is 1. The number of hydrogen-bond acceptors (Lipinski definition) is 3. The SMILES string of the molecule is CCn1nnc2c1CCC(CCN)C2. The minimum atomic E-state index is 0.731. The summed E-state index contributed by atoms with van der Waals surface area (Å²) < 4.78 is 2.02. The molecule has 1 aromatic heterocycles. The molecule has 1 aliphatic carbocycles. The Hall–Kier alpha value is -0.900. The lowest BCUT2D eigenvalue weighted by Gasteiger charge is -2.20. The van der Waals surface area contributed by atoms with Crippen LogP contribution in [-0.2, 0) is 19.4 Å². The molecule has 0 amide bonds. The lowest BCUT2D eigenvalue weighted by Crippen LogP contribution is -2.19. The van der Waals surface area contributed by atoms with Crippen LogP contribution in [0, 0.1) is 5.92 Å². The van der Waals surface area contributed by atoms with Gasteiger partial charge in [0.05, 0.1) is 11.4 Å². The summed E-state index contributed by atoms with van der Waals surface area (Å²) in [7, 11) is 0. The van der Waals surface area contributed by atoms with Crippen molar-refractivity contribution in [3.8, 4) is 0 Å².